The van der Waals surface area contributed by atoms with E-state index in [0.29, 0.717) is 18.7 Å². The zero-order chi connectivity index (χ0) is 21.1. The maximum Gasteiger partial charge on any atom is 0.264 e. The molecule has 0 aliphatic carbocycles. The molecular formula is C23H22N2O4S. The summed E-state index contributed by atoms with van der Waals surface area (Å²) in [6, 6.07) is 21.1. The van der Waals surface area contributed by atoms with E-state index in [1.165, 1.54) is 16.4 Å². The van der Waals surface area contributed by atoms with Gasteiger partial charge in [-0.15, -0.1) is 0 Å². The number of aryl methyl sites for hydroxylation is 1. The summed E-state index contributed by atoms with van der Waals surface area (Å²) in [5.41, 5.74) is 3.45. The van der Waals surface area contributed by atoms with Crippen molar-refractivity contribution in [1.29, 1.82) is 0 Å². The Kier molecular flexibility index (Phi) is 5.46. The van der Waals surface area contributed by atoms with Gasteiger partial charge in [-0.2, -0.15) is 0 Å². The predicted molar refractivity (Wildman–Crippen MR) is 116 cm³/mol. The number of benzene rings is 3. The highest BCUT2D eigenvalue weighted by Crippen LogP contribution is 2.33. The maximum atomic E-state index is 13.0. The van der Waals surface area contributed by atoms with Crippen molar-refractivity contribution in [1.82, 2.24) is 0 Å². The standard InChI is InChI=1S/C23H22N2O4S/c1-17-6-2-4-8-21(17)24-23(26)16-29-19-10-12-20(13-11-19)30(27,28)25-15-14-18-7-3-5-9-22(18)25/h2-13H,14-16H2,1H3,(H,24,26). The van der Waals surface area contributed by atoms with E-state index >= 15 is 0 Å². The second-order valence-electron chi connectivity index (χ2n) is 7.08. The molecule has 0 saturated carbocycles. The first-order valence-electron chi connectivity index (χ1n) is 9.64. The number of para-hydroxylation sites is 2. The molecule has 30 heavy (non-hydrogen) atoms. The van der Waals surface area contributed by atoms with Gasteiger partial charge in [-0.3, -0.25) is 9.10 Å². The van der Waals surface area contributed by atoms with Crippen molar-refractivity contribution in [2.24, 2.45) is 0 Å². The molecule has 0 aromatic heterocycles. The number of amides is 1. The Hall–Kier alpha value is -3.32. The lowest BCUT2D eigenvalue weighted by Gasteiger charge is -2.19. The third kappa shape index (κ3) is 4.02. The number of hydrogen-bond donors (Lipinski definition) is 1. The van der Waals surface area contributed by atoms with Crippen LogP contribution in [0.5, 0.6) is 5.75 Å². The van der Waals surface area contributed by atoms with E-state index in [9.17, 15) is 13.2 Å². The highest BCUT2D eigenvalue weighted by atomic mass is 32.2. The van der Waals surface area contributed by atoms with E-state index in [1.807, 2.05) is 55.5 Å². The monoisotopic (exact) mass is 422 g/mol. The van der Waals surface area contributed by atoms with Crippen LogP contribution >= 0.6 is 0 Å². The van der Waals surface area contributed by atoms with Crippen LogP contribution < -0.4 is 14.4 Å². The Bertz CT molecular complexity index is 1170. The maximum absolute atomic E-state index is 13.0. The average Bonchev–Trinajstić information content (AvgIpc) is 3.19. The third-order valence-electron chi connectivity index (χ3n) is 5.05. The Morgan fingerprint density at radius 2 is 1.70 bits per heavy atom. The van der Waals surface area contributed by atoms with Crippen LogP contribution in [0.25, 0.3) is 0 Å². The van der Waals surface area contributed by atoms with Gasteiger partial charge in [0.2, 0.25) is 0 Å². The molecular weight excluding hydrogens is 400 g/mol. The lowest BCUT2D eigenvalue weighted by Crippen LogP contribution is -2.29. The van der Waals surface area contributed by atoms with E-state index in [2.05, 4.69) is 5.32 Å². The van der Waals surface area contributed by atoms with Crippen LogP contribution in [0.2, 0.25) is 0 Å². The van der Waals surface area contributed by atoms with Gasteiger partial charge in [-0.25, -0.2) is 8.42 Å². The minimum absolute atomic E-state index is 0.167. The topological polar surface area (TPSA) is 75.7 Å². The highest BCUT2D eigenvalue weighted by molar-refractivity contribution is 7.92. The van der Waals surface area contributed by atoms with Crippen LogP contribution in [-0.4, -0.2) is 27.5 Å². The fourth-order valence-electron chi connectivity index (χ4n) is 3.44. The van der Waals surface area contributed by atoms with Crippen molar-refractivity contribution in [3.8, 4) is 5.75 Å². The molecule has 6 nitrogen and oxygen atoms in total. The minimum Gasteiger partial charge on any atom is -0.484 e. The summed E-state index contributed by atoms with van der Waals surface area (Å²) in [5.74, 6) is 0.144. The number of nitrogens with one attached hydrogen (secondary N) is 1. The molecule has 4 rings (SSSR count). The molecule has 0 atom stereocenters. The van der Waals surface area contributed by atoms with Crippen molar-refractivity contribution < 1.29 is 17.9 Å². The minimum atomic E-state index is -3.65. The second-order valence-corrected chi connectivity index (χ2v) is 8.94. The number of anilines is 2. The number of carbonyl (C=O) groups is 1. The van der Waals surface area contributed by atoms with Crippen LogP contribution in [0.15, 0.2) is 77.7 Å². The van der Waals surface area contributed by atoms with Gasteiger partial charge in [0.15, 0.2) is 6.61 Å². The van der Waals surface area contributed by atoms with Crippen molar-refractivity contribution in [3.63, 3.8) is 0 Å². The Balaban J connectivity index is 1.41. The summed E-state index contributed by atoms with van der Waals surface area (Å²) in [5, 5.41) is 2.80. The molecule has 1 aliphatic heterocycles. The predicted octanol–water partition coefficient (Wildman–Crippen LogP) is 3.76. The number of nitrogens with zero attached hydrogens (tertiary/aromatic N) is 1. The Morgan fingerprint density at radius 1 is 1.00 bits per heavy atom. The zero-order valence-electron chi connectivity index (χ0n) is 16.5. The molecule has 3 aromatic carbocycles. The summed E-state index contributed by atoms with van der Waals surface area (Å²) < 4.78 is 33.0. The number of hydrogen-bond acceptors (Lipinski definition) is 4. The molecule has 154 valence electrons. The van der Waals surface area contributed by atoms with E-state index in [-0.39, 0.29) is 17.4 Å². The first-order chi connectivity index (χ1) is 14.4. The summed E-state index contributed by atoms with van der Waals surface area (Å²) in [7, 11) is -3.65. The van der Waals surface area contributed by atoms with Crippen molar-refractivity contribution in [2.75, 3.05) is 22.8 Å². The number of ether oxygens (including phenoxy) is 1. The van der Waals surface area contributed by atoms with Crippen molar-refractivity contribution in [2.45, 2.75) is 18.2 Å². The van der Waals surface area contributed by atoms with Gasteiger partial charge in [0.1, 0.15) is 5.75 Å². The summed E-state index contributed by atoms with van der Waals surface area (Å²) in [6.45, 7) is 2.17. The van der Waals surface area contributed by atoms with Gasteiger partial charge >= 0.3 is 0 Å². The highest BCUT2D eigenvalue weighted by Gasteiger charge is 2.30. The lowest BCUT2D eigenvalue weighted by atomic mass is 10.2. The SMILES string of the molecule is Cc1ccccc1NC(=O)COc1ccc(S(=O)(=O)N2CCc3ccccc32)cc1. The normalized spacial score (nSPS) is 13.0. The first-order valence-corrected chi connectivity index (χ1v) is 11.1. The molecule has 1 heterocycles. The smallest absolute Gasteiger partial charge is 0.264 e. The molecule has 0 bridgehead atoms. The molecule has 7 heteroatoms. The summed E-state index contributed by atoms with van der Waals surface area (Å²) >= 11 is 0. The molecule has 0 radical (unpaired) electrons. The number of carbonyl (C=O) groups excluding carboxylic acids is 1. The third-order valence-corrected chi connectivity index (χ3v) is 6.87. The van der Waals surface area contributed by atoms with E-state index < -0.39 is 10.0 Å². The Labute approximate surface area is 176 Å². The fraction of sp³-hybridized carbons (Fsp3) is 0.174. The molecule has 0 fully saturated rings. The van der Waals surface area contributed by atoms with Crippen LogP contribution in [0.1, 0.15) is 11.1 Å². The van der Waals surface area contributed by atoms with Crippen molar-refractivity contribution in [3.05, 3.63) is 83.9 Å². The number of sulfonamides is 1. The lowest BCUT2D eigenvalue weighted by molar-refractivity contribution is -0.118. The molecule has 0 spiro atoms. The van der Waals surface area contributed by atoms with Gasteiger partial charge in [-0.1, -0.05) is 36.4 Å². The van der Waals surface area contributed by atoms with Gasteiger partial charge in [0.05, 0.1) is 10.6 Å². The molecule has 1 N–H and O–H groups in total. The van der Waals surface area contributed by atoms with Gasteiger partial charge in [0.25, 0.3) is 15.9 Å². The zero-order valence-corrected chi connectivity index (χ0v) is 17.4. The molecule has 0 unspecified atom stereocenters. The first kappa shape index (κ1) is 20.0. The van der Waals surface area contributed by atoms with E-state index in [4.69, 9.17) is 4.74 Å². The van der Waals surface area contributed by atoms with Gasteiger partial charge in [-0.05, 0) is 60.9 Å². The van der Waals surface area contributed by atoms with Crippen LogP contribution in [0.3, 0.4) is 0 Å². The van der Waals surface area contributed by atoms with Crippen molar-refractivity contribution >= 4 is 27.3 Å². The number of fused-ring (bicyclic) bond motifs is 1. The van der Waals surface area contributed by atoms with Crippen LogP contribution in [0, 0.1) is 6.92 Å². The molecule has 1 amide bonds. The molecule has 3 aromatic rings. The van der Waals surface area contributed by atoms with Gasteiger partial charge < -0.3 is 10.1 Å². The second kappa shape index (κ2) is 8.20. The van der Waals surface area contributed by atoms with E-state index in [0.717, 1.165) is 22.5 Å². The van der Waals surface area contributed by atoms with Gasteiger partial charge in [0, 0.05) is 12.2 Å². The van der Waals surface area contributed by atoms with Crippen LogP contribution in [-0.2, 0) is 21.2 Å². The number of rotatable bonds is 6. The van der Waals surface area contributed by atoms with E-state index in [1.54, 1.807) is 12.1 Å². The fourth-order valence-corrected chi connectivity index (χ4v) is 4.94. The largest absolute Gasteiger partial charge is 0.484 e. The van der Waals surface area contributed by atoms with Crippen LogP contribution in [0.4, 0.5) is 11.4 Å². The molecule has 1 aliphatic rings. The quantitative estimate of drug-likeness (QED) is 0.656. The average molecular weight is 423 g/mol. The summed E-state index contributed by atoms with van der Waals surface area (Å²) in [4.78, 5) is 12.3. The molecule has 0 saturated heterocycles. The Morgan fingerprint density at radius 3 is 2.47 bits per heavy atom. The summed E-state index contributed by atoms with van der Waals surface area (Å²) in [6.07, 6.45) is 0.701.